The summed E-state index contributed by atoms with van der Waals surface area (Å²) in [6.45, 7) is 2.75. The third kappa shape index (κ3) is 3.13. The average Bonchev–Trinajstić information content (AvgIpc) is 2.38. The van der Waals surface area contributed by atoms with Crippen LogP contribution in [0.2, 0.25) is 0 Å². The van der Waals surface area contributed by atoms with Crippen molar-refractivity contribution in [1.29, 1.82) is 5.26 Å². The van der Waals surface area contributed by atoms with Gasteiger partial charge in [-0.25, -0.2) is 13.2 Å². The Hall–Kier alpha value is -1.84. The fraction of sp³-hybridized carbons (Fsp3) is 0.417. The second-order valence-electron chi connectivity index (χ2n) is 4.49. The molecule has 0 saturated carbocycles. The van der Waals surface area contributed by atoms with Gasteiger partial charge in [-0.3, -0.25) is 0 Å². The quantitative estimate of drug-likeness (QED) is 0.478. The van der Waals surface area contributed by atoms with Crippen LogP contribution in [0.25, 0.3) is 0 Å². The van der Waals surface area contributed by atoms with Gasteiger partial charge in [0, 0.05) is 0 Å². The number of nitriles is 1. The van der Waals surface area contributed by atoms with E-state index in [1.165, 1.54) is 0 Å². The van der Waals surface area contributed by atoms with Crippen molar-refractivity contribution in [2.24, 2.45) is 5.41 Å². The third-order valence-electron chi connectivity index (χ3n) is 2.45. The highest BCUT2D eigenvalue weighted by molar-refractivity contribution is 5.29. The third-order valence-corrected chi connectivity index (χ3v) is 2.45. The molecule has 1 aromatic rings. The largest absolute Gasteiger partial charge is 0.487 e. The highest BCUT2D eigenvalue weighted by Gasteiger charge is 2.27. The maximum absolute atomic E-state index is 13.2. The molecule has 0 aromatic heterocycles. The van der Waals surface area contributed by atoms with Crippen LogP contribution in [-0.2, 0) is 0 Å². The molecule has 0 bridgehead atoms. The van der Waals surface area contributed by atoms with E-state index in [4.69, 9.17) is 5.26 Å². The Morgan fingerprint density at radius 2 is 1.37 bits per heavy atom. The van der Waals surface area contributed by atoms with E-state index in [9.17, 15) is 22.0 Å². The lowest BCUT2D eigenvalue weighted by Crippen LogP contribution is -2.15. The number of hydrogen-bond donors (Lipinski definition) is 0. The Morgan fingerprint density at radius 3 is 1.79 bits per heavy atom. The van der Waals surface area contributed by atoms with E-state index >= 15 is 0 Å². The number of ether oxygens (including phenoxy) is 1. The molecule has 1 aromatic carbocycles. The molecule has 0 fully saturated rings. The van der Waals surface area contributed by atoms with Crippen LogP contribution in [0, 0.1) is 45.8 Å². The van der Waals surface area contributed by atoms with E-state index in [1.54, 1.807) is 13.8 Å². The molecule has 1 rings (SSSR count). The van der Waals surface area contributed by atoms with Gasteiger partial charge in [-0.05, 0) is 20.3 Å². The normalized spacial score (nSPS) is 11.3. The van der Waals surface area contributed by atoms with Gasteiger partial charge in [-0.15, -0.1) is 0 Å². The second kappa shape index (κ2) is 5.43. The summed E-state index contributed by atoms with van der Waals surface area (Å²) in [5, 5.41) is 8.70. The first-order valence-corrected chi connectivity index (χ1v) is 5.26. The van der Waals surface area contributed by atoms with Gasteiger partial charge in [-0.1, -0.05) is 0 Å². The summed E-state index contributed by atoms with van der Waals surface area (Å²) in [4.78, 5) is 0. The van der Waals surface area contributed by atoms with Gasteiger partial charge < -0.3 is 4.74 Å². The minimum absolute atomic E-state index is 0.0724. The molecule has 0 unspecified atom stereocenters. The Bertz CT molecular complexity index is 507. The van der Waals surface area contributed by atoms with Crippen molar-refractivity contribution < 1.29 is 26.7 Å². The molecule has 19 heavy (non-hydrogen) atoms. The molecule has 7 heteroatoms. The van der Waals surface area contributed by atoms with Gasteiger partial charge in [-0.2, -0.15) is 14.0 Å². The first-order valence-electron chi connectivity index (χ1n) is 5.26. The molecule has 0 radical (unpaired) electrons. The van der Waals surface area contributed by atoms with E-state index in [0.29, 0.717) is 0 Å². The zero-order valence-corrected chi connectivity index (χ0v) is 10.2. The molecule has 0 atom stereocenters. The van der Waals surface area contributed by atoms with Crippen LogP contribution in [0.1, 0.15) is 20.3 Å². The second-order valence-corrected chi connectivity index (χ2v) is 4.49. The number of benzene rings is 1. The fourth-order valence-electron chi connectivity index (χ4n) is 1.18. The van der Waals surface area contributed by atoms with Crippen molar-refractivity contribution in [3.63, 3.8) is 0 Å². The van der Waals surface area contributed by atoms with Crippen LogP contribution in [-0.4, -0.2) is 6.61 Å². The summed E-state index contributed by atoms with van der Waals surface area (Å²) in [5.74, 6) is -11.7. The summed E-state index contributed by atoms with van der Waals surface area (Å²) >= 11 is 0. The van der Waals surface area contributed by atoms with Crippen molar-refractivity contribution >= 4 is 0 Å². The average molecular weight is 279 g/mol. The lowest BCUT2D eigenvalue weighted by Gasteiger charge is -2.16. The molecular formula is C12H10F5NO. The van der Waals surface area contributed by atoms with Gasteiger partial charge in [0.15, 0.2) is 5.75 Å². The summed E-state index contributed by atoms with van der Waals surface area (Å²) in [6.07, 6.45) is 0.0724. The predicted octanol–water partition coefficient (Wildman–Crippen LogP) is 3.70. The van der Waals surface area contributed by atoms with Crippen molar-refractivity contribution in [1.82, 2.24) is 0 Å². The van der Waals surface area contributed by atoms with Crippen LogP contribution >= 0.6 is 0 Å². The fourth-order valence-corrected chi connectivity index (χ4v) is 1.18. The minimum Gasteiger partial charge on any atom is -0.487 e. The zero-order chi connectivity index (χ0) is 14.8. The van der Waals surface area contributed by atoms with Crippen molar-refractivity contribution in [3.8, 4) is 11.8 Å². The number of nitrogens with zero attached hydrogens (tertiary/aromatic N) is 1. The molecule has 2 nitrogen and oxygen atoms in total. The van der Waals surface area contributed by atoms with Crippen LogP contribution in [0.4, 0.5) is 22.0 Å². The SMILES string of the molecule is CC(C)(C#N)CCOc1c(F)c(F)c(F)c(F)c1F. The van der Waals surface area contributed by atoms with Crippen LogP contribution in [0.15, 0.2) is 0 Å². The van der Waals surface area contributed by atoms with E-state index in [2.05, 4.69) is 4.74 Å². The smallest absolute Gasteiger partial charge is 0.206 e. The van der Waals surface area contributed by atoms with Crippen molar-refractivity contribution in [3.05, 3.63) is 29.1 Å². The molecule has 0 saturated heterocycles. The molecule has 0 aliphatic carbocycles. The van der Waals surface area contributed by atoms with Crippen molar-refractivity contribution in [2.75, 3.05) is 6.61 Å². The van der Waals surface area contributed by atoms with Gasteiger partial charge in [0.25, 0.3) is 0 Å². The van der Waals surface area contributed by atoms with E-state index < -0.39 is 40.3 Å². The molecule has 0 heterocycles. The Balaban J connectivity index is 2.95. The van der Waals surface area contributed by atoms with Gasteiger partial charge >= 0.3 is 0 Å². The number of hydrogen-bond acceptors (Lipinski definition) is 2. The highest BCUT2D eigenvalue weighted by Crippen LogP contribution is 2.29. The standard InChI is InChI=1S/C12H10F5NO/c1-12(2,5-18)3-4-19-11-9(16)7(14)6(13)8(15)10(11)17/h3-4H2,1-2H3. The van der Waals surface area contributed by atoms with Crippen LogP contribution < -0.4 is 4.74 Å². The zero-order valence-electron chi connectivity index (χ0n) is 10.2. The molecule has 0 aliphatic heterocycles. The Morgan fingerprint density at radius 1 is 0.947 bits per heavy atom. The lowest BCUT2D eigenvalue weighted by atomic mass is 9.92. The number of halogens is 5. The molecule has 104 valence electrons. The van der Waals surface area contributed by atoms with E-state index in [-0.39, 0.29) is 13.0 Å². The Kier molecular flexibility index (Phi) is 4.35. The monoisotopic (exact) mass is 279 g/mol. The maximum Gasteiger partial charge on any atom is 0.206 e. The molecule has 0 spiro atoms. The van der Waals surface area contributed by atoms with Gasteiger partial charge in [0.05, 0.1) is 18.1 Å². The number of rotatable bonds is 4. The first kappa shape index (κ1) is 15.2. The summed E-state index contributed by atoms with van der Waals surface area (Å²) in [6, 6.07) is 1.91. The Labute approximate surface area is 106 Å². The van der Waals surface area contributed by atoms with Crippen LogP contribution in [0.5, 0.6) is 5.75 Å². The van der Waals surface area contributed by atoms with E-state index in [0.717, 1.165) is 0 Å². The lowest BCUT2D eigenvalue weighted by molar-refractivity contribution is 0.231. The first-order chi connectivity index (χ1) is 8.71. The van der Waals surface area contributed by atoms with E-state index in [1.807, 2.05) is 6.07 Å². The van der Waals surface area contributed by atoms with Crippen molar-refractivity contribution in [2.45, 2.75) is 20.3 Å². The molecule has 0 N–H and O–H groups in total. The molecule has 0 aliphatic rings. The van der Waals surface area contributed by atoms with Gasteiger partial charge in [0.2, 0.25) is 29.1 Å². The van der Waals surface area contributed by atoms with Gasteiger partial charge in [0.1, 0.15) is 0 Å². The maximum atomic E-state index is 13.2. The topological polar surface area (TPSA) is 33.0 Å². The summed E-state index contributed by atoms with van der Waals surface area (Å²) in [7, 11) is 0. The minimum atomic E-state index is -2.24. The molecule has 0 amide bonds. The predicted molar refractivity (Wildman–Crippen MR) is 55.7 cm³/mol. The highest BCUT2D eigenvalue weighted by atomic mass is 19.2. The molecular weight excluding hydrogens is 269 g/mol. The summed E-state index contributed by atoms with van der Waals surface area (Å²) in [5.41, 5.74) is -0.829. The summed E-state index contributed by atoms with van der Waals surface area (Å²) < 4.78 is 69.4. The van der Waals surface area contributed by atoms with Crippen LogP contribution in [0.3, 0.4) is 0 Å².